The molecule has 126 valence electrons. The van der Waals surface area contributed by atoms with Crippen LogP contribution in [0.2, 0.25) is 0 Å². The first-order valence-electron chi connectivity index (χ1n) is 7.89. The number of fused-ring (bicyclic) bond motifs is 1. The van der Waals surface area contributed by atoms with Gasteiger partial charge in [0.1, 0.15) is 0 Å². The van der Waals surface area contributed by atoms with E-state index in [1.165, 1.54) is 0 Å². The smallest absolute Gasteiger partial charge is 0.244 e. The van der Waals surface area contributed by atoms with Crippen molar-refractivity contribution in [1.82, 2.24) is 0 Å². The number of sulfone groups is 1. The van der Waals surface area contributed by atoms with Gasteiger partial charge in [0, 0.05) is 5.69 Å². The fourth-order valence-electron chi connectivity index (χ4n) is 2.90. The van der Waals surface area contributed by atoms with E-state index in [1.54, 1.807) is 30.0 Å². The third-order valence-corrected chi connectivity index (χ3v) is 6.03. The van der Waals surface area contributed by atoms with Crippen LogP contribution in [0.3, 0.4) is 0 Å². The molecule has 0 aliphatic carbocycles. The van der Waals surface area contributed by atoms with Gasteiger partial charge in [-0.1, -0.05) is 43.3 Å². The highest BCUT2D eigenvalue weighted by Gasteiger charge is 2.31. The monoisotopic (exact) mass is 344 g/mol. The summed E-state index contributed by atoms with van der Waals surface area (Å²) in [7, 11) is -3.33. The van der Waals surface area contributed by atoms with Crippen LogP contribution in [0.15, 0.2) is 53.4 Å². The summed E-state index contributed by atoms with van der Waals surface area (Å²) in [6.45, 7) is 1.98. The van der Waals surface area contributed by atoms with E-state index < -0.39 is 15.9 Å². The van der Waals surface area contributed by atoms with Crippen molar-refractivity contribution in [2.75, 3.05) is 10.7 Å². The molecule has 1 aliphatic rings. The first-order chi connectivity index (χ1) is 11.4. The van der Waals surface area contributed by atoms with Crippen LogP contribution in [0.5, 0.6) is 0 Å². The van der Waals surface area contributed by atoms with Crippen LogP contribution in [-0.4, -0.2) is 26.1 Å². The maximum Gasteiger partial charge on any atom is 0.244 e. The second kappa shape index (κ2) is 6.37. The number of nitrogens with zero attached hydrogens (tertiary/aromatic N) is 1. The molecule has 6 heteroatoms. The molecule has 1 heterocycles. The number of rotatable bonds is 4. The molecule has 0 aromatic heterocycles. The van der Waals surface area contributed by atoms with E-state index in [9.17, 15) is 13.2 Å². The van der Waals surface area contributed by atoms with Crippen LogP contribution in [0.4, 0.5) is 5.69 Å². The maximum atomic E-state index is 12.6. The SMILES string of the molecule is CCS(=O)(=O)c1ccc2c(c1)N(Cc1ccccc1)C(=O)[C@H](N)C2. The number of nitrogens with two attached hydrogens (primary N) is 1. The Labute approximate surface area is 142 Å². The van der Waals surface area contributed by atoms with Crippen LogP contribution in [0, 0.1) is 0 Å². The van der Waals surface area contributed by atoms with Gasteiger partial charge in [-0.3, -0.25) is 4.79 Å². The molecule has 2 aromatic rings. The molecule has 0 saturated heterocycles. The van der Waals surface area contributed by atoms with Gasteiger partial charge in [-0.2, -0.15) is 0 Å². The Balaban J connectivity index is 2.06. The first-order valence-corrected chi connectivity index (χ1v) is 9.54. The van der Waals surface area contributed by atoms with Crippen LogP contribution < -0.4 is 10.6 Å². The second-order valence-electron chi connectivity index (χ2n) is 5.91. The van der Waals surface area contributed by atoms with E-state index in [1.807, 2.05) is 30.3 Å². The molecule has 5 nitrogen and oxygen atoms in total. The Hall–Kier alpha value is -2.18. The van der Waals surface area contributed by atoms with E-state index in [-0.39, 0.29) is 16.6 Å². The van der Waals surface area contributed by atoms with Gasteiger partial charge in [0.05, 0.1) is 23.2 Å². The first kappa shape index (κ1) is 16.7. The highest BCUT2D eigenvalue weighted by Crippen LogP contribution is 2.31. The van der Waals surface area contributed by atoms with Crippen molar-refractivity contribution in [3.05, 3.63) is 59.7 Å². The molecule has 3 rings (SSSR count). The van der Waals surface area contributed by atoms with Crippen molar-refractivity contribution < 1.29 is 13.2 Å². The van der Waals surface area contributed by atoms with Crippen LogP contribution in [0.1, 0.15) is 18.1 Å². The van der Waals surface area contributed by atoms with Gasteiger partial charge < -0.3 is 10.6 Å². The molecule has 0 unspecified atom stereocenters. The van der Waals surface area contributed by atoms with Gasteiger partial charge in [-0.15, -0.1) is 0 Å². The van der Waals surface area contributed by atoms with Gasteiger partial charge >= 0.3 is 0 Å². The van der Waals surface area contributed by atoms with Crippen molar-refractivity contribution in [2.45, 2.75) is 30.8 Å². The average Bonchev–Trinajstić information content (AvgIpc) is 2.59. The van der Waals surface area contributed by atoms with Crippen molar-refractivity contribution in [3.8, 4) is 0 Å². The lowest BCUT2D eigenvalue weighted by Gasteiger charge is -2.33. The lowest BCUT2D eigenvalue weighted by molar-refractivity contribution is -0.120. The van der Waals surface area contributed by atoms with Crippen molar-refractivity contribution >= 4 is 21.4 Å². The standard InChI is InChI=1S/C18H20N2O3S/c1-2-24(22,23)15-9-8-14-10-16(19)18(21)20(17(14)11-15)12-13-6-4-3-5-7-13/h3-9,11,16H,2,10,12,19H2,1H3/t16-/m1/s1. The summed E-state index contributed by atoms with van der Waals surface area (Å²) in [5, 5.41) is 0. The Morgan fingerprint density at radius 1 is 1.17 bits per heavy atom. The molecule has 0 saturated carbocycles. The molecule has 0 radical (unpaired) electrons. The summed E-state index contributed by atoms with van der Waals surface area (Å²) in [5.41, 5.74) is 8.48. The second-order valence-corrected chi connectivity index (χ2v) is 8.19. The Morgan fingerprint density at radius 2 is 1.88 bits per heavy atom. The number of benzene rings is 2. The molecule has 1 amide bonds. The zero-order chi connectivity index (χ0) is 17.3. The van der Waals surface area contributed by atoms with Crippen LogP contribution >= 0.6 is 0 Å². The zero-order valence-electron chi connectivity index (χ0n) is 13.5. The predicted molar refractivity (Wildman–Crippen MR) is 93.5 cm³/mol. The van der Waals surface area contributed by atoms with E-state index in [2.05, 4.69) is 0 Å². The summed E-state index contributed by atoms with van der Waals surface area (Å²) in [6, 6.07) is 13.9. The summed E-state index contributed by atoms with van der Waals surface area (Å²) >= 11 is 0. The topological polar surface area (TPSA) is 80.5 Å². The Morgan fingerprint density at radius 3 is 2.54 bits per heavy atom. The zero-order valence-corrected chi connectivity index (χ0v) is 14.3. The van der Waals surface area contributed by atoms with E-state index in [0.29, 0.717) is 18.7 Å². The Kier molecular flexibility index (Phi) is 4.43. The number of carbonyl (C=O) groups is 1. The van der Waals surface area contributed by atoms with Gasteiger partial charge in [0.15, 0.2) is 9.84 Å². The van der Waals surface area contributed by atoms with Crippen LogP contribution in [-0.2, 0) is 27.6 Å². The predicted octanol–water partition coefficient (Wildman–Crippen LogP) is 1.90. The number of hydrogen-bond donors (Lipinski definition) is 1. The number of anilines is 1. The average molecular weight is 344 g/mol. The highest BCUT2D eigenvalue weighted by atomic mass is 32.2. The fourth-order valence-corrected chi connectivity index (χ4v) is 3.80. The van der Waals surface area contributed by atoms with Crippen LogP contribution in [0.25, 0.3) is 0 Å². The van der Waals surface area contributed by atoms with Crippen molar-refractivity contribution in [1.29, 1.82) is 0 Å². The van der Waals surface area contributed by atoms with Gasteiger partial charge in [-0.05, 0) is 29.7 Å². The van der Waals surface area contributed by atoms with E-state index in [4.69, 9.17) is 5.73 Å². The minimum absolute atomic E-state index is 0.0257. The fraction of sp³-hybridized carbons (Fsp3) is 0.278. The lowest BCUT2D eigenvalue weighted by atomic mass is 9.97. The molecule has 2 aromatic carbocycles. The van der Waals surface area contributed by atoms with Gasteiger partial charge in [0.25, 0.3) is 0 Å². The summed E-state index contributed by atoms with van der Waals surface area (Å²) in [4.78, 5) is 14.4. The molecule has 2 N–H and O–H groups in total. The minimum Gasteiger partial charge on any atom is -0.320 e. The van der Waals surface area contributed by atoms with Crippen molar-refractivity contribution in [3.63, 3.8) is 0 Å². The molecule has 0 fully saturated rings. The number of amides is 1. The van der Waals surface area contributed by atoms with Gasteiger partial charge in [-0.25, -0.2) is 8.42 Å². The number of carbonyl (C=O) groups excluding carboxylic acids is 1. The third-order valence-electron chi connectivity index (χ3n) is 4.29. The molecule has 1 aliphatic heterocycles. The Bertz CT molecular complexity index is 863. The molecule has 1 atom stereocenters. The molecule has 24 heavy (non-hydrogen) atoms. The normalized spacial score (nSPS) is 17.7. The van der Waals surface area contributed by atoms with Crippen molar-refractivity contribution in [2.24, 2.45) is 5.73 Å². The summed E-state index contributed by atoms with van der Waals surface area (Å²) in [5.74, 6) is -0.157. The summed E-state index contributed by atoms with van der Waals surface area (Å²) < 4.78 is 24.3. The van der Waals surface area contributed by atoms with E-state index >= 15 is 0 Å². The van der Waals surface area contributed by atoms with Gasteiger partial charge in [0.2, 0.25) is 5.91 Å². The molecular formula is C18H20N2O3S. The summed E-state index contributed by atoms with van der Waals surface area (Å²) in [6.07, 6.45) is 0.423. The lowest BCUT2D eigenvalue weighted by Crippen LogP contribution is -2.48. The highest BCUT2D eigenvalue weighted by molar-refractivity contribution is 7.91. The van der Waals surface area contributed by atoms with E-state index in [0.717, 1.165) is 11.1 Å². The third kappa shape index (κ3) is 3.07. The number of hydrogen-bond acceptors (Lipinski definition) is 4. The molecule has 0 spiro atoms. The largest absolute Gasteiger partial charge is 0.320 e. The minimum atomic E-state index is -3.33. The molecular weight excluding hydrogens is 324 g/mol. The quantitative estimate of drug-likeness (QED) is 0.918. The molecule has 0 bridgehead atoms. The maximum absolute atomic E-state index is 12.6.